The van der Waals surface area contributed by atoms with E-state index in [2.05, 4.69) is 40.9 Å². The van der Waals surface area contributed by atoms with Crippen LogP contribution in [0.4, 0.5) is 0 Å². The Bertz CT molecular complexity index is 1120. The minimum Gasteiger partial charge on any atom is -0.341 e. The summed E-state index contributed by atoms with van der Waals surface area (Å²) in [6.45, 7) is 3.64. The molecule has 0 N–H and O–H groups in total. The molecule has 2 aliphatic rings. The number of likely N-dealkylation sites (tertiary alicyclic amines) is 1. The molecule has 140 valence electrons. The number of fused-ring (bicyclic) bond motifs is 3. The molecule has 28 heavy (non-hydrogen) atoms. The van der Waals surface area contributed by atoms with Crippen LogP contribution in [0.5, 0.6) is 0 Å². The number of benzene rings is 1. The Kier molecular flexibility index (Phi) is 3.73. The molecule has 1 amide bonds. The van der Waals surface area contributed by atoms with Gasteiger partial charge in [-0.2, -0.15) is 10.4 Å². The van der Waals surface area contributed by atoms with Gasteiger partial charge >= 0.3 is 0 Å². The van der Waals surface area contributed by atoms with Gasteiger partial charge in [-0.15, -0.1) is 0 Å². The Labute approximate surface area is 163 Å². The highest BCUT2D eigenvalue weighted by molar-refractivity contribution is 5.83. The number of para-hydroxylation sites is 1. The van der Waals surface area contributed by atoms with Gasteiger partial charge in [0, 0.05) is 54.2 Å². The normalized spacial score (nSPS) is 19.4. The number of carbonyl (C=O) groups excluding carboxylic acids is 1. The van der Waals surface area contributed by atoms with E-state index in [0.29, 0.717) is 12.5 Å². The number of pyridine rings is 1. The maximum Gasteiger partial charge on any atom is 0.223 e. The molecule has 1 aromatic carbocycles. The summed E-state index contributed by atoms with van der Waals surface area (Å²) in [6.07, 6.45) is 3.50. The van der Waals surface area contributed by atoms with E-state index < -0.39 is 0 Å². The molecule has 0 saturated carbocycles. The van der Waals surface area contributed by atoms with Gasteiger partial charge in [-0.1, -0.05) is 18.2 Å². The maximum atomic E-state index is 12.2. The van der Waals surface area contributed by atoms with E-state index in [1.165, 1.54) is 5.69 Å². The van der Waals surface area contributed by atoms with Gasteiger partial charge in [0.05, 0.1) is 23.3 Å². The van der Waals surface area contributed by atoms with E-state index in [1.54, 1.807) is 0 Å². The zero-order chi connectivity index (χ0) is 19.3. The average molecular weight is 371 g/mol. The molecule has 6 heteroatoms. The largest absolute Gasteiger partial charge is 0.341 e. The van der Waals surface area contributed by atoms with Gasteiger partial charge in [0.1, 0.15) is 0 Å². The van der Waals surface area contributed by atoms with Crippen molar-refractivity contribution in [3.8, 4) is 17.3 Å². The van der Waals surface area contributed by atoms with Gasteiger partial charge in [0.2, 0.25) is 5.91 Å². The smallest absolute Gasteiger partial charge is 0.223 e. The van der Waals surface area contributed by atoms with Gasteiger partial charge in [-0.25, -0.2) is 0 Å². The van der Waals surface area contributed by atoms with Crippen molar-refractivity contribution in [1.82, 2.24) is 19.7 Å². The molecule has 1 spiro atoms. The molecule has 5 rings (SSSR count). The van der Waals surface area contributed by atoms with Crippen LogP contribution in [0.2, 0.25) is 0 Å². The van der Waals surface area contributed by atoms with Crippen LogP contribution in [0.3, 0.4) is 0 Å². The lowest BCUT2D eigenvalue weighted by Gasteiger charge is -2.47. The summed E-state index contributed by atoms with van der Waals surface area (Å²) in [7, 11) is 0. The number of hydrogen-bond donors (Lipinski definition) is 0. The molecule has 1 fully saturated rings. The maximum absolute atomic E-state index is 12.2. The molecule has 1 saturated heterocycles. The van der Waals surface area contributed by atoms with Crippen LogP contribution < -0.4 is 0 Å². The molecule has 6 nitrogen and oxygen atoms in total. The summed E-state index contributed by atoms with van der Waals surface area (Å²) < 4.78 is 2.13. The van der Waals surface area contributed by atoms with E-state index in [0.717, 1.165) is 41.7 Å². The van der Waals surface area contributed by atoms with Crippen LogP contribution in [-0.2, 0) is 10.2 Å². The average Bonchev–Trinajstić information content (AvgIpc) is 3.24. The standard InChI is InChI=1S/C22H21N5O/c1-15-11-22(13-26(14-22)21(28)7-4-8-23)20-10-19(25-27(15)20)17-9-16-5-2-3-6-18(16)24-12-17/h2-3,5-6,9-10,12,15H,4,7,11,13-14H2,1H3. The second-order valence-corrected chi connectivity index (χ2v) is 8.02. The van der Waals surface area contributed by atoms with Crippen molar-refractivity contribution in [3.05, 3.63) is 48.3 Å². The quantitative estimate of drug-likeness (QED) is 0.707. The first-order valence-corrected chi connectivity index (χ1v) is 9.70. The molecule has 1 unspecified atom stereocenters. The van der Waals surface area contributed by atoms with Crippen LogP contribution in [-0.4, -0.2) is 38.7 Å². The highest BCUT2D eigenvalue weighted by atomic mass is 16.2. The van der Waals surface area contributed by atoms with E-state index in [9.17, 15) is 4.79 Å². The lowest BCUT2D eigenvalue weighted by Crippen LogP contribution is -2.60. The van der Waals surface area contributed by atoms with E-state index in [1.807, 2.05) is 29.3 Å². The Morgan fingerprint density at radius 1 is 1.32 bits per heavy atom. The number of amides is 1. The van der Waals surface area contributed by atoms with Crippen LogP contribution in [0, 0.1) is 11.3 Å². The second kappa shape index (κ2) is 6.16. The third-order valence-corrected chi connectivity index (χ3v) is 6.06. The minimum absolute atomic E-state index is 0.00273. The molecule has 0 radical (unpaired) electrons. The van der Waals surface area contributed by atoms with Crippen molar-refractivity contribution in [3.63, 3.8) is 0 Å². The number of hydrogen-bond acceptors (Lipinski definition) is 4. The molecule has 0 bridgehead atoms. The molecule has 0 aliphatic carbocycles. The minimum atomic E-state index is -0.00273. The molecule has 1 atom stereocenters. The molecular weight excluding hydrogens is 350 g/mol. The van der Waals surface area contributed by atoms with Gasteiger partial charge in [0.15, 0.2) is 0 Å². The topological polar surface area (TPSA) is 74.8 Å². The van der Waals surface area contributed by atoms with E-state index in [-0.39, 0.29) is 17.7 Å². The van der Waals surface area contributed by atoms with Crippen LogP contribution in [0.25, 0.3) is 22.2 Å². The predicted octanol–water partition coefficient (Wildman–Crippen LogP) is 3.45. The van der Waals surface area contributed by atoms with Crippen molar-refractivity contribution in [2.75, 3.05) is 13.1 Å². The van der Waals surface area contributed by atoms with Crippen molar-refractivity contribution < 1.29 is 4.79 Å². The SMILES string of the molecule is CC1CC2(CN(C(=O)CCC#N)C2)c2cc(-c3cnc4ccccc4c3)nn21. The highest BCUT2D eigenvalue weighted by Gasteiger charge is 2.53. The van der Waals surface area contributed by atoms with E-state index in [4.69, 9.17) is 10.4 Å². The third-order valence-electron chi connectivity index (χ3n) is 6.06. The van der Waals surface area contributed by atoms with Gasteiger partial charge < -0.3 is 4.90 Å². The van der Waals surface area contributed by atoms with Crippen molar-refractivity contribution in [2.45, 2.75) is 37.6 Å². The number of nitriles is 1. The first-order chi connectivity index (χ1) is 13.6. The highest BCUT2D eigenvalue weighted by Crippen LogP contribution is 2.48. The first kappa shape index (κ1) is 16.9. The zero-order valence-electron chi connectivity index (χ0n) is 15.8. The lowest BCUT2D eigenvalue weighted by molar-refractivity contribution is -0.139. The summed E-state index contributed by atoms with van der Waals surface area (Å²) in [4.78, 5) is 18.7. The molecule has 2 aliphatic heterocycles. The fourth-order valence-electron chi connectivity index (χ4n) is 4.71. The molecule has 3 aromatic rings. The fourth-order valence-corrected chi connectivity index (χ4v) is 4.71. The number of carbonyl (C=O) groups is 1. The zero-order valence-corrected chi connectivity index (χ0v) is 15.8. The summed E-state index contributed by atoms with van der Waals surface area (Å²) >= 11 is 0. The fraction of sp³-hybridized carbons (Fsp3) is 0.364. The molecule has 4 heterocycles. The van der Waals surface area contributed by atoms with Crippen LogP contribution >= 0.6 is 0 Å². The van der Waals surface area contributed by atoms with Crippen LogP contribution in [0.1, 0.15) is 37.9 Å². The summed E-state index contributed by atoms with van der Waals surface area (Å²) in [5.74, 6) is 0.0803. The first-order valence-electron chi connectivity index (χ1n) is 9.70. The number of nitrogens with zero attached hydrogens (tertiary/aromatic N) is 5. The number of rotatable bonds is 3. The monoisotopic (exact) mass is 371 g/mol. The second-order valence-electron chi connectivity index (χ2n) is 8.02. The van der Waals surface area contributed by atoms with Gasteiger partial charge in [-0.3, -0.25) is 14.5 Å². The Hall–Kier alpha value is -3.20. The molecule has 2 aromatic heterocycles. The molecular formula is C22H21N5O. The summed E-state index contributed by atoms with van der Waals surface area (Å²) in [5.41, 5.74) is 4.15. The van der Waals surface area contributed by atoms with Crippen molar-refractivity contribution >= 4 is 16.8 Å². The predicted molar refractivity (Wildman–Crippen MR) is 105 cm³/mol. The van der Waals surface area contributed by atoms with Crippen molar-refractivity contribution in [2.24, 2.45) is 0 Å². The Balaban J connectivity index is 1.43. The number of aromatic nitrogens is 3. The van der Waals surface area contributed by atoms with Gasteiger partial charge in [0.25, 0.3) is 0 Å². The lowest BCUT2D eigenvalue weighted by atomic mass is 9.74. The van der Waals surface area contributed by atoms with E-state index >= 15 is 0 Å². The summed E-state index contributed by atoms with van der Waals surface area (Å²) in [5, 5.41) is 14.7. The van der Waals surface area contributed by atoms with Crippen molar-refractivity contribution in [1.29, 1.82) is 5.26 Å². The van der Waals surface area contributed by atoms with Gasteiger partial charge in [-0.05, 0) is 31.5 Å². The Morgan fingerprint density at radius 2 is 2.14 bits per heavy atom. The van der Waals surface area contributed by atoms with Crippen LogP contribution in [0.15, 0.2) is 42.6 Å². The summed E-state index contributed by atoms with van der Waals surface area (Å²) in [6, 6.07) is 14.8. The Morgan fingerprint density at radius 3 is 2.96 bits per heavy atom. The third kappa shape index (κ3) is 2.50.